The van der Waals surface area contributed by atoms with Crippen molar-refractivity contribution < 1.29 is 22.7 Å². The third-order valence-corrected chi connectivity index (χ3v) is 7.28. The number of anilines is 2. The maximum atomic E-state index is 12.9. The lowest BCUT2D eigenvalue weighted by molar-refractivity contribution is 0.102. The molecule has 1 amide bonds. The Morgan fingerprint density at radius 3 is 2.67 bits per heavy atom. The molecule has 0 radical (unpaired) electrons. The predicted molar refractivity (Wildman–Crippen MR) is 127 cm³/mol. The van der Waals surface area contributed by atoms with Crippen LogP contribution in [0.4, 0.5) is 10.8 Å². The fraction of sp³-hybridized carbons (Fsp3) is 0.130. The van der Waals surface area contributed by atoms with E-state index >= 15 is 0 Å². The van der Waals surface area contributed by atoms with Crippen molar-refractivity contribution in [3.8, 4) is 11.5 Å². The predicted octanol–water partition coefficient (Wildman–Crippen LogP) is 4.43. The van der Waals surface area contributed by atoms with Gasteiger partial charge in [0.2, 0.25) is 0 Å². The van der Waals surface area contributed by atoms with Crippen LogP contribution in [0, 0.1) is 6.92 Å². The van der Waals surface area contributed by atoms with Gasteiger partial charge in [0.05, 0.1) is 15.1 Å². The van der Waals surface area contributed by atoms with E-state index in [9.17, 15) is 13.2 Å². The SMILES string of the molecule is Cc1ccc2nc(NC(=O)c3cccc(NS(=O)(=O)c4ccc5c(c4)OCCO5)c3)sc2c1. The van der Waals surface area contributed by atoms with Gasteiger partial charge in [-0.2, -0.15) is 0 Å². The topological polar surface area (TPSA) is 107 Å². The molecule has 0 saturated heterocycles. The van der Waals surface area contributed by atoms with Crippen LogP contribution in [0.5, 0.6) is 11.5 Å². The molecule has 1 aliphatic rings. The molecule has 10 heteroatoms. The second-order valence-electron chi connectivity index (χ2n) is 7.44. The van der Waals surface area contributed by atoms with Gasteiger partial charge in [-0.1, -0.05) is 23.5 Å². The monoisotopic (exact) mass is 481 g/mol. The number of nitrogens with zero attached hydrogens (tertiary/aromatic N) is 1. The first-order valence-corrected chi connectivity index (χ1v) is 12.4. The summed E-state index contributed by atoms with van der Waals surface area (Å²) in [5, 5.41) is 3.26. The summed E-state index contributed by atoms with van der Waals surface area (Å²) in [6, 6.07) is 16.6. The van der Waals surface area contributed by atoms with Gasteiger partial charge in [-0.05, 0) is 55.0 Å². The average Bonchev–Trinajstić information content (AvgIpc) is 3.20. The Balaban J connectivity index is 1.34. The number of amides is 1. The highest BCUT2D eigenvalue weighted by Gasteiger charge is 2.20. The van der Waals surface area contributed by atoms with Crippen LogP contribution < -0.4 is 19.5 Å². The first kappa shape index (κ1) is 21.2. The van der Waals surface area contributed by atoms with Gasteiger partial charge in [0.1, 0.15) is 13.2 Å². The van der Waals surface area contributed by atoms with Crippen molar-refractivity contribution in [2.75, 3.05) is 23.3 Å². The number of rotatable bonds is 5. The highest BCUT2D eigenvalue weighted by Crippen LogP contribution is 2.33. The highest BCUT2D eigenvalue weighted by atomic mass is 32.2. The molecule has 5 rings (SSSR count). The summed E-state index contributed by atoms with van der Waals surface area (Å²) in [6.07, 6.45) is 0. The number of carbonyl (C=O) groups is 1. The molecule has 1 aliphatic heterocycles. The number of sulfonamides is 1. The minimum Gasteiger partial charge on any atom is -0.486 e. The minimum atomic E-state index is -3.90. The lowest BCUT2D eigenvalue weighted by Gasteiger charge is -2.19. The van der Waals surface area contributed by atoms with Crippen molar-refractivity contribution in [3.63, 3.8) is 0 Å². The van der Waals surface area contributed by atoms with Crippen LogP contribution in [0.2, 0.25) is 0 Å². The number of hydrogen-bond acceptors (Lipinski definition) is 7. The smallest absolute Gasteiger partial charge is 0.262 e. The van der Waals surface area contributed by atoms with E-state index in [1.165, 1.54) is 29.5 Å². The number of fused-ring (bicyclic) bond motifs is 2. The first-order valence-electron chi connectivity index (χ1n) is 10.1. The number of ether oxygens (including phenoxy) is 2. The van der Waals surface area contributed by atoms with Gasteiger partial charge >= 0.3 is 0 Å². The second-order valence-corrected chi connectivity index (χ2v) is 10.1. The average molecular weight is 482 g/mol. The summed E-state index contributed by atoms with van der Waals surface area (Å²) < 4.78 is 40.1. The van der Waals surface area contributed by atoms with Gasteiger partial charge in [0.15, 0.2) is 16.6 Å². The van der Waals surface area contributed by atoms with Crippen LogP contribution in [0.25, 0.3) is 10.2 Å². The van der Waals surface area contributed by atoms with E-state index in [1.54, 1.807) is 24.3 Å². The highest BCUT2D eigenvalue weighted by molar-refractivity contribution is 7.92. The lowest BCUT2D eigenvalue weighted by atomic mass is 10.2. The van der Waals surface area contributed by atoms with E-state index < -0.39 is 10.0 Å². The molecule has 8 nitrogen and oxygen atoms in total. The van der Waals surface area contributed by atoms with E-state index in [0.29, 0.717) is 35.4 Å². The molecule has 0 atom stereocenters. The molecule has 3 aromatic carbocycles. The normalized spacial score (nSPS) is 13.0. The zero-order valence-electron chi connectivity index (χ0n) is 17.5. The van der Waals surface area contributed by atoms with E-state index in [2.05, 4.69) is 15.0 Å². The third-order valence-electron chi connectivity index (χ3n) is 4.97. The fourth-order valence-corrected chi connectivity index (χ4v) is 5.41. The van der Waals surface area contributed by atoms with Gasteiger partial charge in [-0.3, -0.25) is 14.8 Å². The van der Waals surface area contributed by atoms with Gasteiger partial charge in [-0.25, -0.2) is 13.4 Å². The van der Waals surface area contributed by atoms with Crippen molar-refractivity contribution in [2.45, 2.75) is 11.8 Å². The Morgan fingerprint density at radius 1 is 1.00 bits per heavy atom. The molecule has 33 heavy (non-hydrogen) atoms. The van der Waals surface area contributed by atoms with Crippen molar-refractivity contribution in [1.82, 2.24) is 4.98 Å². The van der Waals surface area contributed by atoms with Gasteiger partial charge in [0.25, 0.3) is 15.9 Å². The quantitative estimate of drug-likeness (QED) is 0.437. The largest absolute Gasteiger partial charge is 0.486 e. The van der Waals surface area contributed by atoms with Gasteiger partial charge < -0.3 is 9.47 Å². The van der Waals surface area contributed by atoms with Crippen LogP contribution >= 0.6 is 11.3 Å². The molecular formula is C23H19N3O5S2. The summed E-state index contributed by atoms with van der Waals surface area (Å²) >= 11 is 1.38. The number of nitrogens with one attached hydrogen (secondary N) is 2. The summed E-state index contributed by atoms with van der Waals surface area (Å²) in [7, 11) is -3.90. The van der Waals surface area contributed by atoms with E-state index in [1.807, 2.05) is 25.1 Å². The molecule has 2 heterocycles. The molecule has 0 saturated carbocycles. The van der Waals surface area contributed by atoms with E-state index in [4.69, 9.17) is 9.47 Å². The van der Waals surface area contributed by atoms with Crippen LogP contribution in [-0.4, -0.2) is 32.5 Å². The van der Waals surface area contributed by atoms with Crippen molar-refractivity contribution >= 4 is 48.3 Å². The van der Waals surface area contributed by atoms with Gasteiger partial charge in [0, 0.05) is 17.3 Å². The first-order chi connectivity index (χ1) is 15.9. The molecule has 0 fully saturated rings. The zero-order valence-corrected chi connectivity index (χ0v) is 19.1. The maximum Gasteiger partial charge on any atom is 0.262 e. The lowest BCUT2D eigenvalue weighted by Crippen LogP contribution is -2.17. The van der Waals surface area contributed by atoms with Crippen LogP contribution in [0.3, 0.4) is 0 Å². The molecule has 0 spiro atoms. The number of aryl methyl sites for hydroxylation is 1. The fourth-order valence-electron chi connectivity index (χ4n) is 3.38. The summed E-state index contributed by atoms with van der Waals surface area (Å²) in [5.41, 5.74) is 2.48. The maximum absolute atomic E-state index is 12.9. The third kappa shape index (κ3) is 4.48. The Kier molecular flexibility index (Phi) is 5.39. The summed E-state index contributed by atoms with van der Waals surface area (Å²) in [4.78, 5) is 17.2. The molecule has 0 bridgehead atoms. The van der Waals surface area contributed by atoms with E-state index in [-0.39, 0.29) is 16.5 Å². The van der Waals surface area contributed by atoms with Gasteiger partial charge in [-0.15, -0.1) is 0 Å². The number of thiazole rings is 1. The van der Waals surface area contributed by atoms with Crippen molar-refractivity contribution in [1.29, 1.82) is 0 Å². The Labute approximate surface area is 194 Å². The van der Waals surface area contributed by atoms with Crippen molar-refractivity contribution in [2.24, 2.45) is 0 Å². The molecule has 2 N–H and O–H groups in total. The molecule has 0 unspecified atom stereocenters. The van der Waals surface area contributed by atoms with Crippen LogP contribution in [0.15, 0.2) is 65.6 Å². The van der Waals surface area contributed by atoms with Crippen molar-refractivity contribution in [3.05, 3.63) is 71.8 Å². The Hall–Kier alpha value is -3.63. The number of carbonyl (C=O) groups excluding carboxylic acids is 1. The van der Waals surface area contributed by atoms with E-state index in [0.717, 1.165) is 15.8 Å². The molecular weight excluding hydrogens is 462 g/mol. The molecule has 4 aromatic rings. The zero-order chi connectivity index (χ0) is 23.0. The number of benzene rings is 3. The molecule has 168 valence electrons. The Morgan fingerprint density at radius 2 is 1.82 bits per heavy atom. The molecule has 0 aliphatic carbocycles. The minimum absolute atomic E-state index is 0.0337. The number of hydrogen-bond donors (Lipinski definition) is 2. The second kappa shape index (κ2) is 8.38. The summed E-state index contributed by atoms with van der Waals surface area (Å²) in [5.74, 6) is 0.498. The standard InChI is InChI=1S/C23H19N3O5S2/c1-14-5-7-18-21(11-14)32-23(24-18)25-22(27)15-3-2-4-16(12-15)26-33(28,29)17-6-8-19-20(13-17)31-10-9-30-19/h2-8,11-13,26H,9-10H2,1H3,(H,24,25,27). The summed E-state index contributed by atoms with van der Waals surface area (Å²) in [6.45, 7) is 2.77. The number of aromatic nitrogens is 1. The van der Waals surface area contributed by atoms with Crippen LogP contribution in [0.1, 0.15) is 15.9 Å². The Bertz CT molecular complexity index is 1480. The molecule has 1 aromatic heterocycles. The van der Waals surface area contributed by atoms with Crippen LogP contribution in [-0.2, 0) is 10.0 Å².